The number of azide groups is 1. The number of nitrogens with zero attached hydrogens (tertiary/aromatic N) is 4. The molecule has 1 aliphatic heterocycles. The molecule has 0 amide bonds. The second-order valence-electron chi connectivity index (χ2n) is 3.63. The first-order valence-corrected chi connectivity index (χ1v) is 5.26. The second-order valence-corrected chi connectivity index (χ2v) is 3.63. The molecule has 2 atom stereocenters. The number of hydrogen-bond donors (Lipinski definition) is 1. The molecule has 0 spiro atoms. The van der Waals surface area contributed by atoms with Crippen molar-refractivity contribution in [3.8, 4) is 0 Å². The molecule has 0 aromatic carbocycles. The zero-order valence-corrected chi connectivity index (χ0v) is 9.41. The minimum absolute atomic E-state index is 0.270. The molecular formula is C8H15BN4O3. The lowest BCUT2D eigenvalue weighted by Crippen LogP contribution is -2.48. The number of carbonyl (C=O) groups excluding carboxylic acids is 1. The fourth-order valence-corrected chi connectivity index (χ4v) is 1.93. The summed E-state index contributed by atoms with van der Waals surface area (Å²) in [6, 6.07) is -1.13. The molecule has 0 bridgehead atoms. The summed E-state index contributed by atoms with van der Waals surface area (Å²) in [7, 11) is -0.756. The van der Waals surface area contributed by atoms with E-state index in [0.717, 1.165) is 0 Å². The Morgan fingerprint density at radius 3 is 3.00 bits per heavy atom. The van der Waals surface area contributed by atoms with Gasteiger partial charge in [0.05, 0.1) is 12.6 Å². The summed E-state index contributed by atoms with van der Waals surface area (Å²) in [5.74, 6) is -0.446. The van der Waals surface area contributed by atoms with Crippen LogP contribution >= 0.6 is 0 Å². The average Bonchev–Trinajstić information content (AvgIpc) is 2.62. The van der Waals surface area contributed by atoms with E-state index >= 15 is 0 Å². The largest absolute Gasteiger partial charge is 0.465 e. The van der Waals surface area contributed by atoms with Crippen LogP contribution in [0.3, 0.4) is 0 Å². The number of ether oxygens (including phenoxy) is 1. The smallest absolute Gasteiger partial charge is 0.377 e. The van der Waals surface area contributed by atoms with Crippen LogP contribution in [0, 0.1) is 0 Å². The van der Waals surface area contributed by atoms with Gasteiger partial charge in [-0.05, 0) is 32.2 Å². The predicted octanol–water partition coefficient (Wildman–Crippen LogP) is 0.413. The SMILES string of the molecule is CCOC(=O)[C@H]1[C@H](N=[N+]=[N-])CCN1B(C)O. The molecular weight excluding hydrogens is 211 g/mol. The van der Waals surface area contributed by atoms with Gasteiger partial charge in [0.25, 0.3) is 0 Å². The Kier molecular flexibility index (Phi) is 4.60. The lowest BCUT2D eigenvalue weighted by molar-refractivity contribution is -0.147. The summed E-state index contributed by atoms with van der Waals surface area (Å²) in [5.41, 5.74) is 8.41. The van der Waals surface area contributed by atoms with Crippen molar-refractivity contribution in [1.29, 1.82) is 0 Å². The van der Waals surface area contributed by atoms with Crippen LogP contribution in [0.5, 0.6) is 0 Å². The fraction of sp³-hybridized carbons (Fsp3) is 0.875. The fourth-order valence-electron chi connectivity index (χ4n) is 1.93. The van der Waals surface area contributed by atoms with Crippen LogP contribution in [0.4, 0.5) is 0 Å². The molecule has 1 saturated heterocycles. The summed E-state index contributed by atoms with van der Waals surface area (Å²) in [4.78, 5) is 16.0. The van der Waals surface area contributed by atoms with E-state index in [1.165, 1.54) is 0 Å². The topological polar surface area (TPSA) is 98.5 Å². The van der Waals surface area contributed by atoms with Gasteiger partial charge in [0.1, 0.15) is 6.04 Å². The van der Waals surface area contributed by atoms with Gasteiger partial charge in [-0.3, -0.25) is 4.79 Å². The molecule has 0 radical (unpaired) electrons. The highest BCUT2D eigenvalue weighted by Crippen LogP contribution is 2.23. The first-order chi connectivity index (χ1) is 7.61. The highest BCUT2D eigenvalue weighted by Gasteiger charge is 2.42. The van der Waals surface area contributed by atoms with Gasteiger partial charge in [-0.1, -0.05) is 5.11 Å². The van der Waals surface area contributed by atoms with Gasteiger partial charge >= 0.3 is 13.0 Å². The van der Waals surface area contributed by atoms with E-state index in [9.17, 15) is 9.82 Å². The molecule has 7 nitrogen and oxygen atoms in total. The molecule has 1 rings (SSSR count). The van der Waals surface area contributed by atoms with Gasteiger partial charge in [0.15, 0.2) is 0 Å². The maximum absolute atomic E-state index is 11.7. The van der Waals surface area contributed by atoms with Crippen molar-refractivity contribution in [2.75, 3.05) is 13.2 Å². The van der Waals surface area contributed by atoms with Gasteiger partial charge < -0.3 is 14.6 Å². The van der Waals surface area contributed by atoms with Crippen LogP contribution in [0.25, 0.3) is 10.4 Å². The first kappa shape index (κ1) is 12.8. The van der Waals surface area contributed by atoms with Crippen molar-refractivity contribution in [2.24, 2.45) is 5.11 Å². The number of esters is 1. The molecule has 0 aliphatic carbocycles. The summed E-state index contributed by atoms with van der Waals surface area (Å²) < 4.78 is 4.91. The van der Waals surface area contributed by atoms with Crippen LogP contribution in [-0.4, -0.2) is 48.1 Å². The highest BCUT2D eigenvalue weighted by molar-refractivity contribution is 6.45. The summed E-state index contributed by atoms with van der Waals surface area (Å²) >= 11 is 0. The van der Waals surface area contributed by atoms with Gasteiger partial charge in [-0.15, -0.1) is 0 Å². The molecule has 0 aromatic rings. The summed E-state index contributed by atoms with van der Waals surface area (Å²) in [6.45, 7) is 4.07. The monoisotopic (exact) mass is 226 g/mol. The molecule has 1 N–H and O–H groups in total. The molecule has 1 aliphatic rings. The zero-order valence-electron chi connectivity index (χ0n) is 9.41. The van der Waals surface area contributed by atoms with Crippen molar-refractivity contribution < 1.29 is 14.6 Å². The Hall–Kier alpha value is -1.24. The average molecular weight is 226 g/mol. The molecule has 16 heavy (non-hydrogen) atoms. The third-order valence-electron chi connectivity index (χ3n) is 2.61. The van der Waals surface area contributed by atoms with Gasteiger partial charge in [-0.2, -0.15) is 0 Å². The third-order valence-corrected chi connectivity index (χ3v) is 2.61. The molecule has 0 saturated carbocycles. The molecule has 1 fully saturated rings. The standard InChI is InChI=1S/C8H15BN4O3/c1-3-16-8(14)7-6(11-12-10)4-5-13(7)9(2)15/h6-7,15H,3-5H2,1-2H3/t6-,7-/m1/s1. The Balaban J connectivity index is 2.83. The lowest BCUT2D eigenvalue weighted by atomic mass is 9.84. The van der Waals surface area contributed by atoms with Gasteiger partial charge in [0.2, 0.25) is 0 Å². The summed E-state index contributed by atoms with van der Waals surface area (Å²) in [6.07, 6.45) is 0.554. The van der Waals surface area contributed by atoms with Crippen molar-refractivity contribution in [2.45, 2.75) is 32.3 Å². The lowest BCUT2D eigenvalue weighted by Gasteiger charge is -2.25. The van der Waals surface area contributed by atoms with Crippen molar-refractivity contribution in [1.82, 2.24) is 4.81 Å². The Morgan fingerprint density at radius 1 is 1.81 bits per heavy atom. The van der Waals surface area contributed by atoms with Gasteiger partial charge in [0, 0.05) is 4.91 Å². The normalized spacial score (nSPS) is 24.9. The minimum atomic E-state index is -0.756. The number of carbonyl (C=O) groups is 1. The Morgan fingerprint density at radius 2 is 2.50 bits per heavy atom. The predicted molar refractivity (Wildman–Crippen MR) is 58.5 cm³/mol. The minimum Gasteiger partial charge on any atom is -0.465 e. The van der Waals surface area contributed by atoms with E-state index in [1.54, 1.807) is 18.6 Å². The molecule has 0 aromatic heterocycles. The van der Waals surface area contributed by atoms with E-state index in [2.05, 4.69) is 10.0 Å². The molecule has 1 heterocycles. The Bertz CT molecular complexity index is 306. The number of hydrogen-bond acceptors (Lipinski definition) is 5. The molecule has 8 heteroatoms. The van der Waals surface area contributed by atoms with E-state index in [4.69, 9.17) is 10.3 Å². The maximum atomic E-state index is 11.7. The molecule has 0 unspecified atom stereocenters. The van der Waals surface area contributed by atoms with Gasteiger partial charge in [-0.25, -0.2) is 0 Å². The Labute approximate surface area is 94.1 Å². The molecule has 88 valence electrons. The van der Waals surface area contributed by atoms with Crippen LogP contribution < -0.4 is 0 Å². The highest BCUT2D eigenvalue weighted by atomic mass is 16.5. The zero-order chi connectivity index (χ0) is 12.1. The summed E-state index contributed by atoms with van der Waals surface area (Å²) in [5, 5.41) is 13.1. The third kappa shape index (κ3) is 2.66. The first-order valence-electron chi connectivity index (χ1n) is 5.26. The van der Waals surface area contributed by atoms with E-state index in [0.29, 0.717) is 13.0 Å². The maximum Gasteiger partial charge on any atom is 0.377 e. The van der Waals surface area contributed by atoms with Crippen molar-refractivity contribution >= 4 is 13.0 Å². The van der Waals surface area contributed by atoms with E-state index in [-0.39, 0.29) is 6.61 Å². The van der Waals surface area contributed by atoms with Crippen molar-refractivity contribution in [3.05, 3.63) is 10.4 Å². The quantitative estimate of drug-likeness (QED) is 0.247. The van der Waals surface area contributed by atoms with E-state index in [1.807, 2.05) is 0 Å². The van der Waals surface area contributed by atoms with E-state index < -0.39 is 25.1 Å². The second kappa shape index (κ2) is 5.74. The van der Waals surface area contributed by atoms with Crippen molar-refractivity contribution in [3.63, 3.8) is 0 Å². The van der Waals surface area contributed by atoms with Crippen LogP contribution in [0.1, 0.15) is 13.3 Å². The van der Waals surface area contributed by atoms with Crippen LogP contribution in [0.2, 0.25) is 6.82 Å². The van der Waals surface area contributed by atoms with Crippen LogP contribution in [-0.2, 0) is 9.53 Å². The van der Waals surface area contributed by atoms with Crippen LogP contribution in [0.15, 0.2) is 5.11 Å². The number of rotatable bonds is 4.